The van der Waals surface area contributed by atoms with Gasteiger partial charge in [-0.15, -0.1) is 0 Å². The van der Waals surface area contributed by atoms with Crippen molar-refractivity contribution in [1.82, 2.24) is 9.88 Å². The monoisotopic (exact) mass is 196 g/mol. The van der Waals surface area contributed by atoms with Gasteiger partial charge in [-0.25, -0.2) is 0 Å². The van der Waals surface area contributed by atoms with Gasteiger partial charge < -0.3 is 15.0 Å². The number of rotatable bonds is 5. The van der Waals surface area contributed by atoms with Crippen molar-refractivity contribution in [2.45, 2.75) is 12.8 Å². The molecule has 0 spiro atoms. The van der Waals surface area contributed by atoms with Gasteiger partial charge in [-0.1, -0.05) is 0 Å². The zero-order chi connectivity index (χ0) is 10.4. The molecule has 1 heterocycles. The molecule has 2 N–H and O–H groups in total. The van der Waals surface area contributed by atoms with E-state index in [0.717, 1.165) is 12.1 Å². The summed E-state index contributed by atoms with van der Waals surface area (Å²) in [6, 6.07) is 3.93. The van der Waals surface area contributed by atoms with Gasteiger partial charge in [0, 0.05) is 38.3 Å². The summed E-state index contributed by atoms with van der Waals surface area (Å²) >= 11 is 0. The molecular weight excluding hydrogens is 180 g/mol. The van der Waals surface area contributed by atoms with Crippen LogP contribution in [0.2, 0.25) is 0 Å². The average molecular weight is 196 g/mol. The van der Waals surface area contributed by atoms with Crippen molar-refractivity contribution in [3.63, 3.8) is 0 Å². The fourth-order valence-electron chi connectivity index (χ4n) is 1.22. The zero-order valence-corrected chi connectivity index (χ0v) is 8.36. The van der Waals surface area contributed by atoms with Crippen LogP contribution in [0.1, 0.15) is 12.1 Å². The Kier molecular flexibility index (Phi) is 4.19. The molecule has 0 unspecified atom stereocenters. The van der Waals surface area contributed by atoms with Crippen molar-refractivity contribution in [3.05, 3.63) is 24.0 Å². The van der Waals surface area contributed by atoms with Gasteiger partial charge in [0.25, 0.3) is 0 Å². The summed E-state index contributed by atoms with van der Waals surface area (Å²) in [6.45, 7) is 0.602. The lowest BCUT2D eigenvalue weighted by Crippen LogP contribution is -2.29. The Labute approximate surface area is 83.5 Å². The highest BCUT2D eigenvalue weighted by Crippen LogP contribution is 1.98. The Balaban J connectivity index is 2.27. The van der Waals surface area contributed by atoms with Crippen LogP contribution in [0.15, 0.2) is 18.3 Å². The Morgan fingerprint density at radius 3 is 3.00 bits per heavy atom. The maximum atomic E-state index is 11.3. The molecule has 0 aromatic carbocycles. The van der Waals surface area contributed by atoms with E-state index in [4.69, 9.17) is 5.11 Å². The van der Waals surface area contributed by atoms with Crippen LogP contribution in [0.3, 0.4) is 0 Å². The van der Waals surface area contributed by atoms with Gasteiger partial charge >= 0.3 is 0 Å². The molecule has 14 heavy (non-hydrogen) atoms. The maximum absolute atomic E-state index is 11.3. The van der Waals surface area contributed by atoms with E-state index in [9.17, 15) is 4.79 Å². The van der Waals surface area contributed by atoms with Crippen molar-refractivity contribution in [3.8, 4) is 0 Å². The fourth-order valence-corrected chi connectivity index (χ4v) is 1.22. The summed E-state index contributed by atoms with van der Waals surface area (Å²) in [4.78, 5) is 16.0. The van der Waals surface area contributed by atoms with E-state index < -0.39 is 0 Å². The number of nitrogens with one attached hydrogen (secondary N) is 1. The SMILES string of the molecule is CN(CCc1ccc[nH]1)C(=O)CCO. The third kappa shape index (κ3) is 3.22. The number of hydrogen-bond acceptors (Lipinski definition) is 2. The molecular formula is C10H16N2O2. The van der Waals surface area contributed by atoms with Crippen molar-refractivity contribution < 1.29 is 9.90 Å². The second-order valence-electron chi connectivity index (χ2n) is 3.23. The smallest absolute Gasteiger partial charge is 0.224 e. The molecule has 0 saturated heterocycles. The lowest BCUT2D eigenvalue weighted by atomic mass is 10.3. The van der Waals surface area contributed by atoms with Crippen molar-refractivity contribution >= 4 is 5.91 Å². The van der Waals surface area contributed by atoms with Gasteiger partial charge in [0.1, 0.15) is 0 Å². The van der Waals surface area contributed by atoms with E-state index in [1.54, 1.807) is 11.9 Å². The quantitative estimate of drug-likeness (QED) is 0.716. The van der Waals surface area contributed by atoms with Crippen LogP contribution in [0.25, 0.3) is 0 Å². The standard InChI is InChI=1S/C10H16N2O2/c1-12(10(14)5-8-13)7-4-9-3-2-6-11-9/h2-3,6,11,13H,4-5,7-8H2,1H3. The molecule has 1 rings (SSSR count). The summed E-state index contributed by atoms with van der Waals surface area (Å²) in [5.74, 6) is -0.0148. The summed E-state index contributed by atoms with van der Waals surface area (Å²) < 4.78 is 0. The highest BCUT2D eigenvalue weighted by atomic mass is 16.3. The molecule has 0 bridgehead atoms. The Morgan fingerprint density at radius 1 is 1.64 bits per heavy atom. The first-order valence-electron chi connectivity index (χ1n) is 4.71. The predicted octanol–water partition coefficient (Wildman–Crippen LogP) is 0.398. The van der Waals surface area contributed by atoms with E-state index in [-0.39, 0.29) is 18.9 Å². The van der Waals surface area contributed by atoms with E-state index in [1.807, 2.05) is 18.3 Å². The molecule has 0 radical (unpaired) electrons. The first kappa shape index (κ1) is 10.8. The molecule has 0 fully saturated rings. The van der Waals surface area contributed by atoms with E-state index in [1.165, 1.54) is 0 Å². The molecule has 1 aromatic heterocycles. The normalized spacial score (nSPS) is 10.1. The molecule has 4 heteroatoms. The molecule has 0 aliphatic rings. The average Bonchev–Trinajstić information content (AvgIpc) is 2.67. The number of carbonyl (C=O) groups excluding carboxylic acids is 1. The van der Waals surface area contributed by atoms with Crippen molar-refractivity contribution in [2.24, 2.45) is 0 Å². The number of aromatic amines is 1. The molecule has 0 saturated carbocycles. The van der Waals surface area contributed by atoms with Crippen LogP contribution in [-0.4, -0.2) is 41.1 Å². The van der Waals surface area contributed by atoms with Crippen LogP contribution >= 0.6 is 0 Å². The van der Waals surface area contributed by atoms with Crippen LogP contribution in [0.4, 0.5) is 0 Å². The molecule has 1 amide bonds. The highest BCUT2D eigenvalue weighted by Gasteiger charge is 2.07. The number of likely N-dealkylation sites (N-methyl/N-ethyl adjacent to an activating group) is 1. The minimum atomic E-state index is -0.0777. The molecule has 1 aromatic rings. The summed E-state index contributed by atoms with van der Waals surface area (Å²) in [7, 11) is 1.75. The zero-order valence-electron chi connectivity index (χ0n) is 8.36. The number of carbonyl (C=O) groups is 1. The Morgan fingerprint density at radius 2 is 2.43 bits per heavy atom. The number of aliphatic hydroxyl groups excluding tert-OH is 1. The number of hydrogen-bond donors (Lipinski definition) is 2. The summed E-state index contributed by atoms with van der Waals surface area (Å²) in [5, 5.41) is 8.58. The van der Waals surface area contributed by atoms with E-state index >= 15 is 0 Å². The number of aliphatic hydroxyl groups is 1. The van der Waals surface area contributed by atoms with Gasteiger partial charge in [-0.3, -0.25) is 4.79 Å². The van der Waals surface area contributed by atoms with Gasteiger partial charge in [0.2, 0.25) is 5.91 Å². The first-order valence-corrected chi connectivity index (χ1v) is 4.71. The molecule has 0 aliphatic carbocycles. The minimum Gasteiger partial charge on any atom is -0.396 e. The number of aromatic nitrogens is 1. The molecule has 0 atom stereocenters. The van der Waals surface area contributed by atoms with Gasteiger partial charge in [0.05, 0.1) is 6.61 Å². The minimum absolute atomic E-state index is 0.0148. The Hall–Kier alpha value is -1.29. The number of H-pyrrole nitrogens is 1. The largest absolute Gasteiger partial charge is 0.396 e. The van der Waals surface area contributed by atoms with E-state index in [0.29, 0.717) is 6.54 Å². The Bertz CT molecular complexity index is 270. The van der Waals surface area contributed by atoms with Gasteiger partial charge in [-0.2, -0.15) is 0 Å². The van der Waals surface area contributed by atoms with Gasteiger partial charge in [0.15, 0.2) is 0 Å². The van der Waals surface area contributed by atoms with Crippen molar-refractivity contribution in [1.29, 1.82) is 0 Å². The molecule has 78 valence electrons. The molecule has 0 aliphatic heterocycles. The first-order chi connectivity index (χ1) is 6.74. The number of amides is 1. The van der Waals surface area contributed by atoms with Crippen molar-refractivity contribution in [2.75, 3.05) is 20.2 Å². The second-order valence-corrected chi connectivity index (χ2v) is 3.23. The lowest BCUT2D eigenvalue weighted by molar-refractivity contribution is -0.130. The second kappa shape index (κ2) is 5.44. The van der Waals surface area contributed by atoms with Crippen LogP contribution < -0.4 is 0 Å². The summed E-state index contributed by atoms with van der Waals surface area (Å²) in [6.07, 6.45) is 2.90. The van der Waals surface area contributed by atoms with Crippen LogP contribution in [0, 0.1) is 0 Å². The predicted molar refractivity (Wildman–Crippen MR) is 53.8 cm³/mol. The van der Waals surface area contributed by atoms with Gasteiger partial charge in [-0.05, 0) is 12.1 Å². The third-order valence-electron chi connectivity index (χ3n) is 2.13. The highest BCUT2D eigenvalue weighted by molar-refractivity contribution is 5.75. The fraction of sp³-hybridized carbons (Fsp3) is 0.500. The number of nitrogens with zero attached hydrogens (tertiary/aromatic N) is 1. The van der Waals surface area contributed by atoms with Crippen LogP contribution in [0.5, 0.6) is 0 Å². The van der Waals surface area contributed by atoms with Crippen LogP contribution in [-0.2, 0) is 11.2 Å². The topological polar surface area (TPSA) is 56.3 Å². The molecule has 4 nitrogen and oxygen atoms in total. The van der Waals surface area contributed by atoms with E-state index in [2.05, 4.69) is 4.98 Å². The maximum Gasteiger partial charge on any atom is 0.224 e. The lowest BCUT2D eigenvalue weighted by Gasteiger charge is -2.15. The third-order valence-corrected chi connectivity index (χ3v) is 2.13. The summed E-state index contributed by atoms with van der Waals surface area (Å²) in [5.41, 5.74) is 1.12.